The SMILES string of the molecule is CCC(CC)C(=O)N1CCCC(c2nn(CCOC)c(=O)n2C2CC2)C1. The summed E-state index contributed by atoms with van der Waals surface area (Å²) in [5.41, 5.74) is -0.0250. The number of hydrogen-bond donors (Lipinski definition) is 0. The van der Waals surface area contributed by atoms with E-state index in [9.17, 15) is 9.59 Å². The number of carbonyl (C=O) groups excluding carboxylic acids is 1. The van der Waals surface area contributed by atoms with Gasteiger partial charge in [0.05, 0.1) is 13.2 Å². The minimum Gasteiger partial charge on any atom is -0.383 e. The van der Waals surface area contributed by atoms with Gasteiger partial charge in [0.15, 0.2) is 0 Å². The number of methoxy groups -OCH3 is 1. The van der Waals surface area contributed by atoms with E-state index in [1.165, 1.54) is 0 Å². The van der Waals surface area contributed by atoms with Crippen LogP contribution in [-0.2, 0) is 16.1 Å². The van der Waals surface area contributed by atoms with Crippen LogP contribution in [0.15, 0.2) is 4.79 Å². The summed E-state index contributed by atoms with van der Waals surface area (Å²) in [5.74, 6) is 1.40. The zero-order chi connectivity index (χ0) is 18.7. The predicted octanol–water partition coefficient (Wildman–Crippen LogP) is 2.17. The number of ether oxygens (including phenoxy) is 1. The second-order valence-corrected chi connectivity index (χ2v) is 7.59. The van der Waals surface area contributed by atoms with Crippen LogP contribution < -0.4 is 5.69 Å². The summed E-state index contributed by atoms with van der Waals surface area (Å²) in [6.07, 6.45) is 5.82. The highest BCUT2D eigenvalue weighted by Crippen LogP contribution is 2.37. The van der Waals surface area contributed by atoms with Crippen molar-refractivity contribution in [3.05, 3.63) is 16.3 Å². The van der Waals surface area contributed by atoms with Crippen molar-refractivity contribution in [3.63, 3.8) is 0 Å². The molecule has 1 atom stereocenters. The Morgan fingerprint density at radius 1 is 1.27 bits per heavy atom. The maximum absolute atomic E-state index is 12.8. The maximum Gasteiger partial charge on any atom is 0.346 e. The van der Waals surface area contributed by atoms with Gasteiger partial charge in [-0.1, -0.05) is 13.8 Å². The van der Waals surface area contributed by atoms with Gasteiger partial charge in [0.1, 0.15) is 5.82 Å². The first-order valence-electron chi connectivity index (χ1n) is 10.1. The molecule has 1 saturated carbocycles. The molecule has 1 saturated heterocycles. The Labute approximate surface area is 155 Å². The van der Waals surface area contributed by atoms with E-state index in [1.54, 1.807) is 11.8 Å². The Hall–Kier alpha value is -1.63. The van der Waals surface area contributed by atoms with Crippen molar-refractivity contribution in [1.29, 1.82) is 0 Å². The van der Waals surface area contributed by atoms with E-state index in [4.69, 9.17) is 4.74 Å². The van der Waals surface area contributed by atoms with Gasteiger partial charge in [-0.2, -0.15) is 5.10 Å². The molecular weight excluding hydrogens is 332 g/mol. The van der Waals surface area contributed by atoms with Crippen LogP contribution in [0.3, 0.4) is 0 Å². The fraction of sp³-hybridized carbons (Fsp3) is 0.842. The lowest BCUT2D eigenvalue weighted by Gasteiger charge is -2.34. The molecular formula is C19H32N4O3. The summed E-state index contributed by atoms with van der Waals surface area (Å²) in [7, 11) is 1.63. The number of hydrogen-bond acceptors (Lipinski definition) is 4. The maximum atomic E-state index is 12.8. The zero-order valence-electron chi connectivity index (χ0n) is 16.3. The summed E-state index contributed by atoms with van der Waals surface area (Å²) < 4.78 is 8.54. The van der Waals surface area contributed by atoms with Crippen LogP contribution in [0.1, 0.15) is 70.2 Å². The van der Waals surface area contributed by atoms with Crippen LogP contribution in [-0.4, -0.2) is 52.0 Å². The molecule has 1 aliphatic carbocycles. The first-order valence-corrected chi connectivity index (χ1v) is 10.1. The Bertz CT molecular complexity index is 673. The van der Waals surface area contributed by atoms with Crippen LogP contribution in [0.25, 0.3) is 0 Å². The third-order valence-electron chi connectivity index (χ3n) is 5.75. The Balaban J connectivity index is 1.81. The monoisotopic (exact) mass is 364 g/mol. The second kappa shape index (κ2) is 8.37. The minimum absolute atomic E-state index is 0.0250. The molecule has 3 rings (SSSR count). The van der Waals surface area contributed by atoms with E-state index in [-0.39, 0.29) is 23.4 Å². The van der Waals surface area contributed by atoms with Crippen LogP contribution in [0.4, 0.5) is 0 Å². The summed E-state index contributed by atoms with van der Waals surface area (Å²) in [6, 6.07) is 0.291. The second-order valence-electron chi connectivity index (χ2n) is 7.59. The van der Waals surface area contributed by atoms with Gasteiger partial charge in [-0.15, -0.1) is 0 Å². The van der Waals surface area contributed by atoms with Crippen molar-refractivity contribution in [1.82, 2.24) is 19.2 Å². The van der Waals surface area contributed by atoms with Crippen LogP contribution in [0.2, 0.25) is 0 Å². The smallest absolute Gasteiger partial charge is 0.346 e. The quantitative estimate of drug-likeness (QED) is 0.709. The number of amides is 1. The van der Waals surface area contributed by atoms with Crippen molar-refractivity contribution in [3.8, 4) is 0 Å². The van der Waals surface area contributed by atoms with Crippen LogP contribution >= 0.6 is 0 Å². The Kier molecular flexibility index (Phi) is 6.16. The van der Waals surface area contributed by atoms with E-state index < -0.39 is 0 Å². The molecule has 1 aromatic rings. The van der Waals surface area contributed by atoms with Crippen molar-refractivity contribution < 1.29 is 9.53 Å². The number of nitrogens with zero attached hydrogens (tertiary/aromatic N) is 4. The van der Waals surface area contributed by atoms with Gasteiger partial charge in [0.2, 0.25) is 5.91 Å². The molecule has 0 bridgehead atoms. The van der Waals surface area contributed by atoms with E-state index in [0.717, 1.165) is 50.9 Å². The van der Waals surface area contributed by atoms with Crippen LogP contribution in [0, 0.1) is 5.92 Å². The highest BCUT2D eigenvalue weighted by Gasteiger charge is 2.35. The standard InChI is InChI=1S/C19H32N4O3/c1-4-14(5-2)18(24)21-10-6-7-15(13-21)17-20-22(11-12-26-3)19(25)23(17)16-8-9-16/h14-16H,4-13H2,1-3H3. The average Bonchev–Trinajstić information content (AvgIpc) is 3.44. The molecule has 0 spiro atoms. The molecule has 0 N–H and O–H groups in total. The third-order valence-corrected chi connectivity index (χ3v) is 5.75. The number of piperidine rings is 1. The summed E-state index contributed by atoms with van der Waals surface area (Å²) in [6.45, 7) is 6.62. The van der Waals surface area contributed by atoms with E-state index >= 15 is 0 Å². The van der Waals surface area contributed by atoms with Gasteiger partial charge in [0, 0.05) is 38.1 Å². The lowest BCUT2D eigenvalue weighted by atomic mass is 9.94. The fourth-order valence-electron chi connectivity index (χ4n) is 4.00. The molecule has 2 aliphatic rings. The molecule has 1 aromatic heterocycles. The van der Waals surface area contributed by atoms with Gasteiger partial charge in [-0.3, -0.25) is 9.36 Å². The lowest BCUT2D eigenvalue weighted by Crippen LogP contribution is -2.42. The first kappa shape index (κ1) is 19.1. The number of rotatable bonds is 8. The van der Waals surface area contributed by atoms with Crippen molar-refractivity contribution in [2.45, 2.75) is 70.9 Å². The number of carbonyl (C=O) groups is 1. The number of likely N-dealkylation sites (tertiary alicyclic amines) is 1. The van der Waals surface area contributed by atoms with Crippen LogP contribution in [0.5, 0.6) is 0 Å². The average molecular weight is 364 g/mol. The minimum atomic E-state index is -0.0250. The van der Waals surface area contributed by atoms with E-state index in [1.807, 2.05) is 9.47 Å². The fourth-order valence-corrected chi connectivity index (χ4v) is 4.00. The largest absolute Gasteiger partial charge is 0.383 e. The molecule has 7 nitrogen and oxygen atoms in total. The molecule has 2 fully saturated rings. The summed E-state index contributed by atoms with van der Waals surface area (Å²) in [4.78, 5) is 27.6. The molecule has 0 radical (unpaired) electrons. The normalized spacial score (nSPS) is 20.8. The molecule has 0 aromatic carbocycles. The molecule has 146 valence electrons. The van der Waals surface area contributed by atoms with E-state index in [0.29, 0.717) is 25.7 Å². The molecule has 2 heterocycles. The highest BCUT2D eigenvalue weighted by atomic mass is 16.5. The summed E-state index contributed by atoms with van der Waals surface area (Å²) in [5, 5.41) is 4.66. The molecule has 1 aliphatic heterocycles. The van der Waals surface area contributed by atoms with Gasteiger partial charge in [-0.05, 0) is 38.5 Å². The Morgan fingerprint density at radius 3 is 2.62 bits per heavy atom. The zero-order valence-corrected chi connectivity index (χ0v) is 16.3. The molecule has 7 heteroatoms. The van der Waals surface area contributed by atoms with Gasteiger partial charge in [-0.25, -0.2) is 9.48 Å². The van der Waals surface area contributed by atoms with Gasteiger partial charge < -0.3 is 9.64 Å². The Morgan fingerprint density at radius 2 is 2.00 bits per heavy atom. The third kappa shape index (κ3) is 3.87. The predicted molar refractivity (Wildman–Crippen MR) is 99.3 cm³/mol. The van der Waals surface area contributed by atoms with Gasteiger partial charge >= 0.3 is 5.69 Å². The van der Waals surface area contributed by atoms with E-state index in [2.05, 4.69) is 18.9 Å². The number of aromatic nitrogens is 3. The molecule has 1 amide bonds. The first-order chi connectivity index (χ1) is 12.6. The van der Waals surface area contributed by atoms with Gasteiger partial charge in [0.25, 0.3) is 0 Å². The van der Waals surface area contributed by atoms with Crippen molar-refractivity contribution >= 4 is 5.91 Å². The topological polar surface area (TPSA) is 69.4 Å². The summed E-state index contributed by atoms with van der Waals surface area (Å²) >= 11 is 0. The molecule has 26 heavy (non-hydrogen) atoms. The van der Waals surface area contributed by atoms with Crippen molar-refractivity contribution in [2.24, 2.45) is 5.92 Å². The van der Waals surface area contributed by atoms with Crippen molar-refractivity contribution in [2.75, 3.05) is 26.8 Å². The molecule has 1 unspecified atom stereocenters. The lowest BCUT2D eigenvalue weighted by molar-refractivity contribution is -0.137. The highest BCUT2D eigenvalue weighted by molar-refractivity contribution is 5.78.